The fraction of sp³-hybridized carbons (Fsp3) is 0.429. The molecule has 0 aliphatic heterocycles. The topological polar surface area (TPSA) is 33.2 Å². The normalized spacial score (nSPS) is 18.7. The SMILES string of the molecule is CCN(C(=O)C1CC=CCC1)c1ccc(Br)cn1. The molecule has 3 nitrogen and oxygen atoms in total. The van der Waals surface area contributed by atoms with Crippen LogP contribution in [-0.4, -0.2) is 17.4 Å². The maximum atomic E-state index is 12.5. The molecule has 1 aliphatic rings. The van der Waals surface area contributed by atoms with E-state index in [0.717, 1.165) is 29.6 Å². The number of hydrogen-bond donors (Lipinski definition) is 0. The minimum Gasteiger partial charge on any atom is -0.297 e. The van der Waals surface area contributed by atoms with Crippen molar-refractivity contribution in [2.75, 3.05) is 11.4 Å². The summed E-state index contributed by atoms with van der Waals surface area (Å²) < 4.78 is 0.926. The van der Waals surface area contributed by atoms with E-state index in [0.29, 0.717) is 6.54 Å². The summed E-state index contributed by atoms with van der Waals surface area (Å²) in [5.74, 6) is 1.04. The first-order valence-electron chi connectivity index (χ1n) is 6.30. The highest BCUT2D eigenvalue weighted by atomic mass is 79.9. The lowest BCUT2D eigenvalue weighted by atomic mass is 9.93. The number of aromatic nitrogens is 1. The van der Waals surface area contributed by atoms with E-state index in [9.17, 15) is 4.79 Å². The number of pyridine rings is 1. The average molecular weight is 309 g/mol. The van der Waals surface area contributed by atoms with Gasteiger partial charge in [-0.3, -0.25) is 9.69 Å². The van der Waals surface area contributed by atoms with Crippen molar-refractivity contribution in [1.82, 2.24) is 4.98 Å². The Morgan fingerprint density at radius 1 is 1.50 bits per heavy atom. The van der Waals surface area contributed by atoms with Crippen molar-refractivity contribution in [3.8, 4) is 0 Å². The molecule has 1 amide bonds. The van der Waals surface area contributed by atoms with Gasteiger partial charge in [0.05, 0.1) is 0 Å². The number of rotatable bonds is 3. The van der Waals surface area contributed by atoms with Gasteiger partial charge < -0.3 is 0 Å². The number of carbonyl (C=O) groups excluding carboxylic acids is 1. The fourth-order valence-electron chi connectivity index (χ4n) is 2.20. The van der Waals surface area contributed by atoms with Crippen LogP contribution in [0.1, 0.15) is 26.2 Å². The second-order valence-corrected chi connectivity index (χ2v) is 5.31. The molecule has 0 aromatic carbocycles. The molecule has 0 fully saturated rings. The molecule has 1 atom stereocenters. The van der Waals surface area contributed by atoms with Gasteiger partial charge in [-0.05, 0) is 54.2 Å². The Morgan fingerprint density at radius 2 is 2.33 bits per heavy atom. The van der Waals surface area contributed by atoms with Crippen molar-refractivity contribution in [3.63, 3.8) is 0 Å². The number of carbonyl (C=O) groups is 1. The number of anilines is 1. The zero-order valence-electron chi connectivity index (χ0n) is 10.5. The third-order valence-electron chi connectivity index (χ3n) is 3.19. The predicted octanol–water partition coefficient (Wildman–Crippen LogP) is 3.55. The molecule has 0 spiro atoms. The van der Waals surface area contributed by atoms with Crippen LogP contribution in [0.3, 0.4) is 0 Å². The van der Waals surface area contributed by atoms with Gasteiger partial charge in [0, 0.05) is 23.1 Å². The minimum atomic E-state index is 0.111. The maximum absolute atomic E-state index is 12.5. The van der Waals surface area contributed by atoms with E-state index in [1.807, 2.05) is 19.1 Å². The van der Waals surface area contributed by atoms with E-state index >= 15 is 0 Å². The van der Waals surface area contributed by atoms with Crippen LogP contribution in [0.15, 0.2) is 35.0 Å². The van der Waals surface area contributed by atoms with Crippen LogP contribution in [0.2, 0.25) is 0 Å². The van der Waals surface area contributed by atoms with Gasteiger partial charge in [0.1, 0.15) is 5.82 Å². The lowest BCUT2D eigenvalue weighted by Crippen LogP contribution is -2.37. The van der Waals surface area contributed by atoms with Gasteiger partial charge in [-0.1, -0.05) is 12.2 Å². The number of hydrogen-bond acceptors (Lipinski definition) is 2. The molecular weight excluding hydrogens is 292 g/mol. The van der Waals surface area contributed by atoms with Crippen LogP contribution < -0.4 is 4.90 Å². The summed E-state index contributed by atoms with van der Waals surface area (Å²) in [4.78, 5) is 18.5. The van der Waals surface area contributed by atoms with Gasteiger partial charge in [-0.15, -0.1) is 0 Å². The Kier molecular flexibility index (Phi) is 4.53. The summed E-state index contributed by atoms with van der Waals surface area (Å²) >= 11 is 3.36. The number of halogens is 1. The van der Waals surface area contributed by atoms with Crippen LogP contribution in [0.4, 0.5) is 5.82 Å². The van der Waals surface area contributed by atoms with Crippen molar-refractivity contribution in [2.45, 2.75) is 26.2 Å². The standard InChI is InChI=1S/C14H17BrN2O/c1-2-17(13-9-8-12(15)10-16-13)14(18)11-6-4-3-5-7-11/h3-4,8-11H,2,5-7H2,1H3. The highest BCUT2D eigenvalue weighted by molar-refractivity contribution is 9.10. The summed E-state index contributed by atoms with van der Waals surface area (Å²) in [5, 5.41) is 0. The molecule has 0 saturated carbocycles. The second kappa shape index (κ2) is 6.14. The van der Waals surface area contributed by atoms with Gasteiger partial charge in [-0.2, -0.15) is 0 Å². The molecule has 0 saturated heterocycles. The Bertz CT molecular complexity index is 442. The molecule has 2 rings (SSSR count). The van der Waals surface area contributed by atoms with Gasteiger partial charge >= 0.3 is 0 Å². The molecule has 0 N–H and O–H groups in total. The quantitative estimate of drug-likeness (QED) is 0.800. The Balaban J connectivity index is 2.14. The molecule has 96 valence electrons. The summed E-state index contributed by atoms with van der Waals surface area (Å²) in [6, 6.07) is 3.79. The molecule has 0 radical (unpaired) electrons. The first-order chi connectivity index (χ1) is 8.72. The minimum absolute atomic E-state index is 0.111. The Labute approximate surface area is 116 Å². The largest absolute Gasteiger partial charge is 0.297 e. The zero-order chi connectivity index (χ0) is 13.0. The second-order valence-electron chi connectivity index (χ2n) is 4.40. The third kappa shape index (κ3) is 2.99. The summed E-state index contributed by atoms with van der Waals surface area (Å²) in [6.45, 7) is 2.65. The van der Waals surface area contributed by atoms with Crippen LogP contribution >= 0.6 is 15.9 Å². The molecule has 1 heterocycles. The van der Waals surface area contributed by atoms with Crippen LogP contribution in [0.25, 0.3) is 0 Å². The first kappa shape index (κ1) is 13.3. The lowest BCUT2D eigenvalue weighted by Gasteiger charge is -2.26. The van der Waals surface area contributed by atoms with Gasteiger partial charge in [0.2, 0.25) is 5.91 Å². The molecule has 18 heavy (non-hydrogen) atoms. The molecule has 0 bridgehead atoms. The average Bonchev–Trinajstić information content (AvgIpc) is 2.42. The maximum Gasteiger partial charge on any atom is 0.231 e. The number of amides is 1. The van der Waals surface area contributed by atoms with E-state index in [1.54, 1.807) is 11.1 Å². The molecule has 4 heteroatoms. The van der Waals surface area contributed by atoms with E-state index in [2.05, 4.69) is 33.1 Å². The van der Waals surface area contributed by atoms with Gasteiger partial charge in [0.15, 0.2) is 0 Å². The Hall–Kier alpha value is -1.16. The van der Waals surface area contributed by atoms with Crippen LogP contribution in [-0.2, 0) is 4.79 Å². The van der Waals surface area contributed by atoms with Crippen LogP contribution in [0, 0.1) is 5.92 Å². The van der Waals surface area contributed by atoms with E-state index < -0.39 is 0 Å². The highest BCUT2D eigenvalue weighted by Crippen LogP contribution is 2.23. The molecule has 1 aromatic heterocycles. The fourth-order valence-corrected chi connectivity index (χ4v) is 2.43. The van der Waals surface area contributed by atoms with Crippen LogP contribution in [0.5, 0.6) is 0 Å². The Morgan fingerprint density at radius 3 is 2.89 bits per heavy atom. The highest BCUT2D eigenvalue weighted by Gasteiger charge is 2.24. The van der Waals surface area contributed by atoms with E-state index in [-0.39, 0.29) is 11.8 Å². The zero-order valence-corrected chi connectivity index (χ0v) is 12.1. The number of allylic oxidation sites excluding steroid dienone is 2. The van der Waals surface area contributed by atoms with E-state index in [4.69, 9.17) is 0 Å². The van der Waals surface area contributed by atoms with Crippen molar-refractivity contribution >= 4 is 27.7 Å². The van der Waals surface area contributed by atoms with E-state index in [1.165, 1.54) is 0 Å². The van der Waals surface area contributed by atoms with Crippen molar-refractivity contribution in [1.29, 1.82) is 0 Å². The predicted molar refractivity (Wildman–Crippen MR) is 76.4 cm³/mol. The summed E-state index contributed by atoms with van der Waals surface area (Å²) in [7, 11) is 0. The molecule has 1 unspecified atom stereocenters. The lowest BCUT2D eigenvalue weighted by molar-refractivity contribution is -0.122. The molecular formula is C14H17BrN2O. The molecule has 1 aliphatic carbocycles. The number of nitrogens with zero attached hydrogens (tertiary/aromatic N) is 2. The third-order valence-corrected chi connectivity index (χ3v) is 3.66. The van der Waals surface area contributed by atoms with Crippen molar-refractivity contribution < 1.29 is 4.79 Å². The smallest absolute Gasteiger partial charge is 0.231 e. The summed E-state index contributed by atoms with van der Waals surface area (Å²) in [5.41, 5.74) is 0. The van der Waals surface area contributed by atoms with Crippen molar-refractivity contribution in [2.24, 2.45) is 5.92 Å². The first-order valence-corrected chi connectivity index (χ1v) is 7.09. The van der Waals surface area contributed by atoms with Gasteiger partial charge in [0.25, 0.3) is 0 Å². The van der Waals surface area contributed by atoms with Gasteiger partial charge in [-0.25, -0.2) is 4.98 Å². The summed E-state index contributed by atoms with van der Waals surface area (Å²) in [6.07, 6.45) is 8.79. The molecule has 1 aromatic rings. The monoisotopic (exact) mass is 308 g/mol. The van der Waals surface area contributed by atoms with Crippen molar-refractivity contribution in [3.05, 3.63) is 35.0 Å².